The van der Waals surface area contributed by atoms with Crippen LogP contribution >= 0.6 is 0 Å². The molecule has 0 saturated carbocycles. The molecule has 3 rings (SSSR count). The first-order valence-electron chi connectivity index (χ1n) is 7.90. The van der Waals surface area contributed by atoms with Crippen LogP contribution < -0.4 is 10.6 Å². The number of nitrogens with zero attached hydrogens (tertiary/aromatic N) is 1. The predicted molar refractivity (Wildman–Crippen MR) is 93.3 cm³/mol. The number of benzene rings is 2. The molecule has 0 bridgehead atoms. The Morgan fingerprint density at radius 2 is 1.61 bits per heavy atom. The molecule has 1 heterocycles. The second-order valence-corrected chi connectivity index (χ2v) is 5.65. The van der Waals surface area contributed by atoms with Gasteiger partial charge in [-0.2, -0.15) is 13.2 Å². The van der Waals surface area contributed by atoms with Crippen molar-refractivity contribution < 1.29 is 26.7 Å². The summed E-state index contributed by atoms with van der Waals surface area (Å²) in [5.74, 6) is -2.60. The van der Waals surface area contributed by atoms with Crippen molar-refractivity contribution in [2.45, 2.75) is 6.18 Å². The molecule has 0 radical (unpaired) electrons. The Hall–Kier alpha value is -3.49. The summed E-state index contributed by atoms with van der Waals surface area (Å²) in [4.78, 5) is 16.1. The molecule has 0 aliphatic heterocycles. The van der Waals surface area contributed by atoms with Gasteiger partial charge in [0.05, 0.1) is 11.3 Å². The lowest BCUT2D eigenvalue weighted by Gasteiger charge is -2.14. The Morgan fingerprint density at radius 1 is 0.929 bits per heavy atom. The maximum Gasteiger partial charge on any atom is 0.418 e. The van der Waals surface area contributed by atoms with Gasteiger partial charge in [-0.1, -0.05) is 18.2 Å². The van der Waals surface area contributed by atoms with E-state index < -0.39 is 40.7 Å². The molecule has 0 saturated heterocycles. The predicted octanol–water partition coefficient (Wildman–Crippen LogP) is 5.37. The number of hydrogen-bond donors (Lipinski definition) is 2. The van der Waals surface area contributed by atoms with Gasteiger partial charge in [-0.25, -0.2) is 8.78 Å². The van der Waals surface area contributed by atoms with E-state index in [4.69, 9.17) is 0 Å². The van der Waals surface area contributed by atoms with Crippen molar-refractivity contribution in [2.75, 3.05) is 10.6 Å². The SMILES string of the molecule is O=C(Nc1ccccc1C(F)(F)F)c1cc(Nc2c(F)cccc2F)ccn1. The number of pyridine rings is 1. The quantitative estimate of drug-likeness (QED) is 0.586. The molecule has 0 spiro atoms. The minimum atomic E-state index is -4.65. The summed E-state index contributed by atoms with van der Waals surface area (Å²) in [6, 6.07) is 10.3. The van der Waals surface area contributed by atoms with Crippen molar-refractivity contribution in [3.63, 3.8) is 0 Å². The Labute approximate surface area is 156 Å². The number of alkyl halides is 3. The molecule has 0 unspecified atom stereocenters. The number of amides is 1. The van der Waals surface area contributed by atoms with Crippen LogP contribution in [0.25, 0.3) is 0 Å². The van der Waals surface area contributed by atoms with Crippen molar-refractivity contribution in [1.82, 2.24) is 4.98 Å². The normalized spacial score (nSPS) is 11.2. The topological polar surface area (TPSA) is 54.0 Å². The molecule has 0 aliphatic carbocycles. The highest BCUT2D eigenvalue weighted by Crippen LogP contribution is 2.34. The van der Waals surface area contributed by atoms with Gasteiger partial charge < -0.3 is 10.6 Å². The van der Waals surface area contributed by atoms with E-state index in [1.54, 1.807) is 0 Å². The second kappa shape index (κ2) is 7.63. The fourth-order valence-corrected chi connectivity index (χ4v) is 2.42. The average Bonchev–Trinajstić information content (AvgIpc) is 2.65. The van der Waals surface area contributed by atoms with Crippen LogP contribution in [0.15, 0.2) is 60.8 Å². The summed E-state index contributed by atoms with van der Waals surface area (Å²) in [5, 5.41) is 4.64. The maximum atomic E-state index is 13.7. The van der Waals surface area contributed by atoms with E-state index >= 15 is 0 Å². The van der Waals surface area contributed by atoms with Crippen LogP contribution in [0.4, 0.5) is 39.0 Å². The van der Waals surface area contributed by atoms with E-state index in [1.165, 1.54) is 30.5 Å². The van der Waals surface area contributed by atoms with Gasteiger partial charge in [0.1, 0.15) is 23.0 Å². The number of para-hydroxylation sites is 2. The molecule has 2 N–H and O–H groups in total. The van der Waals surface area contributed by atoms with Crippen molar-refractivity contribution in [1.29, 1.82) is 0 Å². The summed E-state index contributed by atoms with van der Waals surface area (Å²) in [6.07, 6.45) is -3.46. The van der Waals surface area contributed by atoms with Crippen LogP contribution in [0.2, 0.25) is 0 Å². The molecular formula is C19H12F5N3O. The lowest BCUT2D eigenvalue weighted by Crippen LogP contribution is -2.17. The van der Waals surface area contributed by atoms with Gasteiger partial charge in [-0.15, -0.1) is 0 Å². The van der Waals surface area contributed by atoms with Crippen LogP contribution in [0.3, 0.4) is 0 Å². The van der Waals surface area contributed by atoms with Crippen molar-refractivity contribution in [2.24, 2.45) is 0 Å². The highest BCUT2D eigenvalue weighted by Gasteiger charge is 2.33. The first-order valence-corrected chi connectivity index (χ1v) is 7.90. The molecular weight excluding hydrogens is 381 g/mol. The number of rotatable bonds is 4. The minimum Gasteiger partial charge on any atom is -0.351 e. The van der Waals surface area contributed by atoms with Crippen LogP contribution in [-0.4, -0.2) is 10.9 Å². The van der Waals surface area contributed by atoms with Crippen LogP contribution in [0.1, 0.15) is 16.1 Å². The fraction of sp³-hybridized carbons (Fsp3) is 0.0526. The monoisotopic (exact) mass is 393 g/mol. The molecule has 2 aromatic carbocycles. The standard InChI is InChI=1S/C19H12F5N3O/c20-13-5-3-6-14(21)17(13)26-11-8-9-25-16(10-11)18(28)27-15-7-2-1-4-12(15)19(22,23)24/h1-10H,(H,25,26)(H,27,28). The Bertz CT molecular complexity index is 1000. The lowest BCUT2D eigenvalue weighted by molar-refractivity contribution is -0.136. The van der Waals surface area contributed by atoms with E-state index in [2.05, 4.69) is 15.6 Å². The minimum absolute atomic E-state index is 0.133. The van der Waals surface area contributed by atoms with Crippen molar-refractivity contribution in [3.05, 3.63) is 83.7 Å². The van der Waals surface area contributed by atoms with Gasteiger partial charge >= 0.3 is 6.18 Å². The van der Waals surface area contributed by atoms with Crippen LogP contribution in [0.5, 0.6) is 0 Å². The number of aromatic nitrogens is 1. The first kappa shape index (κ1) is 19.3. The third kappa shape index (κ3) is 4.25. The number of halogens is 5. The zero-order chi connectivity index (χ0) is 20.3. The molecule has 4 nitrogen and oxygen atoms in total. The molecule has 1 aromatic heterocycles. The van der Waals surface area contributed by atoms with Gasteiger partial charge in [0.15, 0.2) is 0 Å². The Balaban J connectivity index is 1.84. The first-order chi connectivity index (χ1) is 13.3. The largest absolute Gasteiger partial charge is 0.418 e. The van der Waals surface area contributed by atoms with Gasteiger partial charge in [0.25, 0.3) is 5.91 Å². The maximum absolute atomic E-state index is 13.7. The number of carbonyl (C=O) groups excluding carboxylic acids is 1. The molecule has 28 heavy (non-hydrogen) atoms. The van der Waals surface area contributed by atoms with E-state index in [1.807, 2.05) is 0 Å². The van der Waals surface area contributed by atoms with E-state index in [0.29, 0.717) is 0 Å². The average molecular weight is 393 g/mol. The van der Waals surface area contributed by atoms with Crippen molar-refractivity contribution >= 4 is 23.0 Å². The lowest BCUT2D eigenvalue weighted by atomic mass is 10.1. The molecule has 1 amide bonds. The second-order valence-electron chi connectivity index (χ2n) is 5.65. The summed E-state index contributed by atoms with van der Waals surface area (Å²) >= 11 is 0. The summed E-state index contributed by atoms with van der Waals surface area (Å²) < 4.78 is 66.6. The number of carbonyl (C=O) groups is 1. The van der Waals surface area contributed by atoms with E-state index in [9.17, 15) is 26.7 Å². The summed E-state index contributed by atoms with van der Waals surface area (Å²) in [7, 11) is 0. The van der Waals surface area contributed by atoms with E-state index in [-0.39, 0.29) is 11.4 Å². The molecule has 9 heteroatoms. The zero-order valence-electron chi connectivity index (χ0n) is 14.0. The zero-order valence-corrected chi connectivity index (χ0v) is 14.0. The highest BCUT2D eigenvalue weighted by molar-refractivity contribution is 6.03. The molecule has 0 atom stereocenters. The fourth-order valence-electron chi connectivity index (χ4n) is 2.42. The molecule has 144 valence electrons. The summed E-state index contributed by atoms with van der Waals surface area (Å²) in [5.41, 5.74) is -1.97. The Morgan fingerprint density at radius 3 is 2.29 bits per heavy atom. The Kier molecular flexibility index (Phi) is 5.25. The van der Waals surface area contributed by atoms with Gasteiger partial charge in [0, 0.05) is 11.9 Å². The van der Waals surface area contributed by atoms with Gasteiger partial charge in [-0.3, -0.25) is 9.78 Å². The smallest absolute Gasteiger partial charge is 0.351 e. The molecule has 0 aliphatic rings. The third-order valence-corrected chi connectivity index (χ3v) is 3.71. The highest BCUT2D eigenvalue weighted by atomic mass is 19.4. The molecule has 0 fully saturated rings. The third-order valence-electron chi connectivity index (χ3n) is 3.71. The van der Waals surface area contributed by atoms with Gasteiger partial charge in [0.2, 0.25) is 0 Å². The number of anilines is 3. The number of hydrogen-bond acceptors (Lipinski definition) is 3. The van der Waals surface area contributed by atoms with E-state index in [0.717, 1.165) is 30.3 Å². The van der Waals surface area contributed by atoms with Crippen LogP contribution in [-0.2, 0) is 6.18 Å². The molecule has 3 aromatic rings. The van der Waals surface area contributed by atoms with Gasteiger partial charge in [-0.05, 0) is 36.4 Å². The van der Waals surface area contributed by atoms with Crippen LogP contribution in [0, 0.1) is 11.6 Å². The van der Waals surface area contributed by atoms with Crippen molar-refractivity contribution in [3.8, 4) is 0 Å². The summed E-state index contributed by atoms with van der Waals surface area (Å²) in [6.45, 7) is 0. The number of nitrogens with one attached hydrogen (secondary N) is 2.